The molecule has 0 saturated heterocycles. The first-order chi connectivity index (χ1) is 9.86. The quantitative estimate of drug-likeness (QED) is 0.785. The zero-order chi connectivity index (χ0) is 16.0. The number of esters is 1. The third-order valence-electron chi connectivity index (χ3n) is 2.90. The molecule has 21 heavy (non-hydrogen) atoms. The molecule has 116 valence electrons. The summed E-state index contributed by atoms with van der Waals surface area (Å²) >= 11 is 0. The fourth-order valence-corrected chi connectivity index (χ4v) is 1.70. The first kappa shape index (κ1) is 16.7. The third-order valence-corrected chi connectivity index (χ3v) is 2.90. The Morgan fingerprint density at radius 3 is 2.48 bits per heavy atom. The van der Waals surface area contributed by atoms with Gasteiger partial charge in [-0.2, -0.15) is 0 Å². The maximum Gasteiger partial charge on any atom is 0.325 e. The predicted molar refractivity (Wildman–Crippen MR) is 74.5 cm³/mol. The molecule has 7 nitrogen and oxygen atoms in total. The van der Waals surface area contributed by atoms with Crippen LogP contribution in [0.15, 0.2) is 22.8 Å². The average molecular weight is 296 g/mol. The summed E-state index contributed by atoms with van der Waals surface area (Å²) in [4.78, 5) is 36.8. The predicted octanol–water partition coefficient (Wildman–Crippen LogP) is 0.808. The van der Waals surface area contributed by atoms with E-state index in [4.69, 9.17) is 4.42 Å². The summed E-state index contributed by atoms with van der Waals surface area (Å²) in [5, 5.41) is 2.53. The van der Waals surface area contributed by atoms with E-state index in [9.17, 15) is 14.4 Å². The van der Waals surface area contributed by atoms with E-state index in [1.165, 1.54) is 24.3 Å². The number of rotatable bonds is 6. The fourth-order valence-electron chi connectivity index (χ4n) is 1.70. The van der Waals surface area contributed by atoms with Crippen LogP contribution in [-0.2, 0) is 14.3 Å². The number of nitrogens with one attached hydrogen (secondary N) is 1. The number of nitrogens with zero attached hydrogens (tertiary/aromatic N) is 1. The molecule has 7 heteroatoms. The standard InChI is InChI=1S/C14H20N2O5/c1-9(2)16(8-12(17)20-4)14(19)10(3)15-13(18)11-6-5-7-21-11/h5-7,9-10H,8H2,1-4H3,(H,15,18). The molecule has 1 unspecified atom stereocenters. The molecule has 0 fully saturated rings. The second-order valence-corrected chi connectivity index (χ2v) is 4.81. The molecule has 0 aliphatic heterocycles. The largest absolute Gasteiger partial charge is 0.468 e. The van der Waals surface area contributed by atoms with Gasteiger partial charge in [-0.15, -0.1) is 0 Å². The van der Waals surface area contributed by atoms with Crippen LogP contribution in [0.3, 0.4) is 0 Å². The van der Waals surface area contributed by atoms with Gasteiger partial charge in [-0.05, 0) is 32.9 Å². The van der Waals surface area contributed by atoms with Crippen LogP contribution in [-0.4, -0.2) is 48.4 Å². The van der Waals surface area contributed by atoms with Gasteiger partial charge >= 0.3 is 5.97 Å². The topological polar surface area (TPSA) is 88.9 Å². The number of methoxy groups -OCH3 is 1. The maximum absolute atomic E-state index is 12.3. The molecule has 1 aromatic rings. The lowest BCUT2D eigenvalue weighted by Crippen LogP contribution is -2.51. The smallest absolute Gasteiger partial charge is 0.325 e. The number of ether oxygens (including phenoxy) is 1. The van der Waals surface area contributed by atoms with Crippen molar-refractivity contribution in [1.82, 2.24) is 10.2 Å². The monoisotopic (exact) mass is 296 g/mol. The van der Waals surface area contributed by atoms with Crippen LogP contribution in [0.1, 0.15) is 31.3 Å². The van der Waals surface area contributed by atoms with E-state index < -0.39 is 17.9 Å². The SMILES string of the molecule is COC(=O)CN(C(=O)C(C)NC(=O)c1ccco1)C(C)C. The summed E-state index contributed by atoms with van der Waals surface area (Å²) in [5.41, 5.74) is 0. The molecular weight excluding hydrogens is 276 g/mol. The van der Waals surface area contributed by atoms with E-state index in [-0.39, 0.29) is 24.3 Å². The Hall–Kier alpha value is -2.31. The minimum absolute atomic E-state index is 0.124. The molecule has 0 spiro atoms. The second-order valence-electron chi connectivity index (χ2n) is 4.81. The highest BCUT2D eigenvalue weighted by atomic mass is 16.5. The van der Waals surface area contributed by atoms with Crippen molar-refractivity contribution in [1.29, 1.82) is 0 Å². The maximum atomic E-state index is 12.3. The van der Waals surface area contributed by atoms with Gasteiger partial charge in [0.05, 0.1) is 13.4 Å². The van der Waals surface area contributed by atoms with Crippen molar-refractivity contribution in [2.75, 3.05) is 13.7 Å². The van der Waals surface area contributed by atoms with Crippen molar-refractivity contribution in [3.8, 4) is 0 Å². The van der Waals surface area contributed by atoms with E-state index in [2.05, 4.69) is 10.1 Å². The van der Waals surface area contributed by atoms with Gasteiger partial charge in [0.15, 0.2) is 5.76 Å². The van der Waals surface area contributed by atoms with Crippen LogP contribution in [0.5, 0.6) is 0 Å². The summed E-state index contributed by atoms with van der Waals surface area (Å²) in [6.45, 7) is 4.95. The Balaban J connectivity index is 2.69. The van der Waals surface area contributed by atoms with E-state index in [0.717, 1.165) is 0 Å². The molecule has 0 aliphatic rings. The summed E-state index contributed by atoms with van der Waals surface area (Å²) in [6.07, 6.45) is 1.37. The molecule has 1 N–H and O–H groups in total. The summed E-state index contributed by atoms with van der Waals surface area (Å²) in [7, 11) is 1.26. The van der Waals surface area contributed by atoms with Crippen molar-refractivity contribution in [3.05, 3.63) is 24.2 Å². The van der Waals surface area contributed by atoms with Crippen molar-refractivity contribution >= 4 is 17.8 Å². The third kappa shape index (κ3) is 4.62. The number of hydrogen-bond acceptors (Lipinski definition) is 5. The first-order valence-electron chi connectivity index (χ1n) is 6.58. The van der Waals surface area contributed by atoms with E-state index in [1.807, 2.05) is 0 Å². The first-order valence-corrected chi connectivity index (χ1v) is 6.58. The van der Waals surface area contributed by atoms with Crippen molar-refractivity contribution in [3.63, 3.8) is 0 Å². The number of furan rings is 1. The molecule has 0 bridgehead atoms. The molecular formula is C14H20N2O5. The van der Waals surface area contributed by atoms with Gasteiger partial charge in [0, 0.05) is 6.04 Å². The van der Waals surface area contributed by atoms with Gasteiger partial charge < -0.3 is 19.4 Å². The highest BCUT2D eigenvalue weighted by Gasteiger charge is 2.26. The van der Waals surface area contributed by atoms with E-state index in [1.54, 1.807) is 26.8 Å². The van der Waals surface area contributed by atoms with Crippen LogP contribution in [0.2, 0.25) is 0 Å². The zero-order valence-corrected chi connectivity index (χ0v) is 12.6. The minimum Gasteiger partial charge on any atom is -0.468 e. The van der Waals surface area contributed by atoms with Gasteiger partial charge in [0.2, 0.25) is 5.91 Å². The van der Waals surface area contributed by atoms with Crippen LogP contribution < -0.4 is 5.32 Å². The number of carbonyl (C=O) groups excluding carboxylic acids is 3. The molecule has 0 aliphatic carbocycles. The zero-order valence-electron chi connectivity index (χ0n) is 12.6. The molecule has 0 saturated carbocycles. The number of hydrogen-bond donors (Lipinski definition) is 1. The van der Waals surface area contributed by atoms with Gasteiger partial charge in [-0.1, -0.05) is 0 Å². The lowest BCUT2D eigenvalue weighted by molar-refractivity contribution is -0.148. The van der Waals surface area contributed by atoms with Gasteiger partial charge in [-0.25, -0.2) is 0 Å². The Morgan fingerprint density at radius 1 is 1.33 bits per heavy atom. The highest BCUT2D eigenvalue weighted by molar-refractivity contribution is 5.95. The normalized spacial score (nSPS) is 11.9. The highest BCUT2D eigenvalue weighted by Crippen LogP contribution is 2.05. The Kier molecular flexibility index (Phi) is 5.95. The Bertz CT molecular complexity index is 495. The number of carbonyl (C=O) groups is 3. The average Bonchev–Trinajstić information content (AvgIpc) is 2.97. The summed E-state index contributed by atoms with van der Waals surface area (Å²) < 4.78 is 9.52. The molecule has 1 heterocycles. The van der Waals surface area contributed by atoms with Crippen molar-refractivity contribution < 1.29 is 23.5 Å². The van der Waals surface area contributed by atoms with Crippen molar-refractivity contribution in [2.45, 2.75) is 32.9 Å². The second kappa shape index (κ2) is 7.47. The summed E-state index contributed by atoms with van der Waals surface area (Å²) in [6, 6.07) is 2.11. The molecule has 1 aromatic heterocycles. The minimum atomic E-state index is -0.783. The lowest BCUT2D eigenvalue weighted by atomic mass is 10.2. The lowest BCUT2D eigenvalue weighted by Gasteiger charge is -2.28. The van der Waals surface area contributed by atoms with Crippen LogP contribution in [0.4, 0.5) is 0 Å². The molecule has 1 rings (SSSR count). The Labute approximate surface area is 123 Å². The van der Waals surface area contributed by atoms with Crippen molar-refractivity contribution in [2.24, 2.45) is 0 Å². The Morgan fingerprint density at radius 2 is 2.00 bits per heavy atom. The van der Waals surface area contributed by atoms with E-state index in [0.29, 0.717) is 0 Å². The van der Waals surface area contributed by atoms with E-state index >= 15 is 0 Å². The molecule has 2 amide bonds. The molecule has 1 atom stereocenters. The van der Waals surface area contributed by atoms with Crippen LogP contribution >= 0.6 is 0 Å². The summed E-state index contributed by atoms with van der Waals surface area (Å²) in [5.74, 6) is -1.24. The fraction of sp³-hybridized carbons (Fsp3) is 0.500. The molecule has 0 radical (unpaired) electrons. The van der Waals surface area contributed by atoms with Gasteiger partial charge in [-0.3, -0.25) is 14.4 Å². The van der Waals surface area contributed by atoms with Gasteiger partial charge in [0.25, 0.3) is 5.91 Å². The van der Waals surface area contributed by atoms with Gasteiger partial charge in [0.1, 0.15) is 12.6 Å². The van der Waals surface area contributed by atoms with Crippen LogP contribution in [0, 0.1) is 0 Å². The van der Waals surface area contributed by atoms with Crippen LogP contribution in [0.25, 0.3) is 0 Å². The molecule has 0 aromatic carbocycles. The number of amides is 2.